The van der Waals surface area contributed by atoms with Crippen molar-refractivity contribution in [2.45, 2.75) is 295 Å². The second-order valence-electron chi connectivity index (χ2n) is 26.3. The Morgan fingerprint density at radius 1 is 0.351 bits per heavy atom. The Balaban J connectivity index is 0.00000137. The average Bonchev–Trinajstić information content (AvgIpc) is 4.52. The molecule has 1 saturated heterocycles. The van der Waals surface area contributed by atoms with Crippen LogP contribution in [0.5, 0.6) is 0 Å². The zero-order valence-corrected chi connectivity index (χ0v) is 54.1. The van der Waals surface area contributed by atoms with Gasteiger partial charge in [0.05, 0.1) is 0 Å². The van der Waals surface area contributed by atoms with Crippen LogP contribution >= 0.6 is 7.72 Å². The highest BCUT2D eigenvalue weighted by molar-refractivity contribution is 7.63. The van der Waals surface area contributed by atoms with Gasteiger partial charge in [-0.05, 0) is 273 Å². The molecule has 0 saturated carbocycles. The minimum atomic E-state index is -1.56. The standard InChI is InChI=1S/C70H99PSi.C4H8O/c1-17-63(18-2)44-67(25-9,26-10)57-53(63)42-54-58(68(27-11,28-12)45-64(54,19-3)20-4)61(57)71-72(52-38-37-50-39-48-35-33-34-36-49(48)40-51(50)41-52)62-59-55(65(21-5,22-6)46-69(59,29-13)30-14)43-56-60(62)70(31-15,32-16)47-66(56,23-7)24-8;1-2-4-5-3-1/h33-43H,17-32,44-47H2,1-16H3;1-4H2. The molecule has 5 aliphatic rings. The molecule has 0 N–H and O–H groups in total. The van der Waals surface area contributed by atoms with Gasteiger partial charge in [0.1, 0.15) is 8.05 Å². The molecule has 418 valence electrons. The predicted molar refractivity (Wildman–Crippen MR) is 343 cm³/mol. The number of hydrogen-bond donors (Lipinski definition) is 0. The molecule has 1 nitrogen and oxygen atoms in total. The van der Waals surface area contributed by atoms with Gasteiger partial charge >= 0.3 is 0 Å². The van der Waals surface area contributed by atoms with E-state index in [4.69, 9.17) is 4.74 Å². The first kappa shape index (κ1) is 58.7. The van der Waals surface area contributed by atoms with Gasteiger partial charge in [-0.25, -0.2) is 0 Å². The summed E-state index contributed by atoms with van der Waals surface area (Å²) in [5, 5.41) is 11.0. The van der Waals surface area contributed by atoms with Crippen molar-refractivity contribution >= 4 is 53.0 Å². The molecule has 5 aromatic rings. The highest BCUT2D eigenvalue weighted by Gasteiger charge is 2.59. The normalized spacial score (nSPS) is 21.2. The zero-order chi connectivity index (χ0) is 55.4. The molecule has 1 heterocycles. The maximum absolute atomic E-state index is 4.94. The molecular formula is C74H107OPSi. The lowest BCUT2D eigenvalue weighted by Crippen LogP contribution is -2.45. The summed E-state index contributed by atoms with van der Waals surface area (Å²) in [6, 6.07) is 28.2. The Morgan fingerprint density at radius 2 is 0.662 bits per heavy atom. The van der Waals surface area contributed by atoms with E-state index >= 15 is 0 Å². The van der Waals surface area contributed by atoms with Crippen LogP contribution in [0.25, 0.3) is 21.5 Å². The van der Waals surface area contributed by atoms with Gasteiger partial charge < -0.3 is 4.74 Å². The van der Waals surface area contributed by atoms with Crippen molar-refractivity contribution in [1.29, 1.82) is 0 Å². The van der Waals surface area contributed by atoms with Crippen LogP contribution in [-0.4, -0.2) is 21.3 Å². The number of ether oxygens (including phenoxy) is 1. The topological polar surface area (TPSA) is 9.23 Å². The summed E-state index contributed by atoms with van der Waals surface area (Å²) in [7, 11) is 0.0943. The number of fused-ring (bicyclic) bond motifs is 6. The highest BCUT2D eigenvalue weighted by atomic mass is 31.2. The molecule has 1 fully saturated rings. The van der Waals surface area contributed by atoms with E-state index in [1.165, 1.54) is 163 Å². The Labute approximate surface area is 474 Å². The fraction of sp³-hybridized carbons (Fsp3) is 0.649. The van der Waals surface area contributed by atoms with Gasteiger partial charge in [-0.2, -0.15) is 0 Å². The Bertz CT molecular complexity index is 2820. The summed E-state index contributed by atoms with van der Waals surface area (Å²) < 4.78 is 4.94. The van der Waals surface area contributed by atoms with Crippen molar-refractivity contribution in [3.05, 3.63) is 111 Å². The van der Waals surface area contributed by atoms with Crippen LogP contribution in [0.3, 0.4) is 0 Å². The van der Waals surface area contributed by atoms with E-state index in [-0.39, 0.29) is 43.3 Å². The Hall–Kier alpha value is -2.90. The maximum atomic E-state index is 4.94. The second kappa shape index (κ2) is 22.4. The SMILES string of the molecule is C1CCOC1.CCC1(CC)CC(CC)(CC)c2c1cc1c(c2P=[Si](c2ccc3cc4ccccc4cc3c2)c2c3c(cc4c2C(CC)(CC)CC4(CC)CC)C(CC)(CC)CC3(CC)CC)C(CC)(CC)CC1(CC)CC. The van der Waals surface area contributed by atoms with Crippen molar-refractivity contribution in [3.8, 4) is 0 Å². The van der Waals surface area contributed by atoms with E-state index in [9.17, 15) is 0 Å². The summed E-state index contributed by atoms with van der Waals surface area (Å²) in [5.74, 6) is 0. The third-order valence-electron chi connectivity index (χ3n) is 24.8. The summed E-state index contributed by atoms with van der Waals surface area (Å²) in [6.45, 7) is 43.3. The van der Waals surface area contributed by atoms with Gasteiger partial charge in [0.15, 0.2) is 0 Å². The average molecular weight is 1070 g/mol. The van der Waals surface area contributed by atoms with Crippen LogP contribution in [0.4, 0.5) is 0 Å². The zero-order valence-electron chi connectivity index (χ0n) is 52.2. The number of rotatable bonds is 19. The van der Waals surface area contributed by atoms with Gasteiger partial charge in [0, 0.05) is 18.5 Å². The lowest BCUT2D eigenvalue weighted by Gasteiger charge is -2.37. The van der Waals surface area contributed by atoms with Gasteiger partial charge in [-0.3, -0.25) is 0 Å². The molecule has 10 rings (SSSR count). The van der Waals surface area contributed by atoms with Crippen molar-refractivity contribution < 1.29 is 4.74 Å². The minimum Gasteiger partial charge on any atom is -0.381 e. The van der Waals surface area contributed by atoms with E-state index < -0.39 is 8.05 Å². The molecule has 4 aliphatic carbocycles. The Kier molecular flexibility index (Phi) is 17.1. The molecule has 77 heavy (non-hydrogen) atoms. The van der Waals surface area contributed by atoms with Crippen LogP contribution < -0.4 is 15.7 Å². The first-order valence-corrected chi connectivity index (χ1v) is 35.9. The summed E-state index contributed by atoms with van der Waals surface area (Å²) >= 11 is 0. The van der Waals surface area contributed by atoms with Crippen LogP contribution in [0.1, 0.15) is 297 Å². The molecule has 0 amide bonds. The molecular weight excluding hydrogens is 964 g/mol. The fourth-order valence-electron chi connectivity index (χ4n) is 18.8. The van der Waals surface area contributed by atoms with Gasteiger partial charge in [-0.1, -0.05) is 173 Å². The van der Waals surface area contributed by atoms with Crippen molar-refractivity contribution in [2.75, 3.05) is 13.2 Å². The number of benzene rings is 5. The molecule has 0 unspecified atom stereocenters. The summed E-state index contributed by atoms with van der Waals surface area (Å²) in [5.41, 5.74) is 16.1. The van der Waals surface area contributed by atoms with Gasteiger partial charge in [0.25, 0.3) is 0 Å². The summed E-state index contributed by atoms with van der Waals surface area (Å²) in [4.78, 5) is 0. The van der Waals surface area contributed by atoms with Crippen molar-refractivity contribution in [3.63, 3.8) is 0 Å². The first-order chi connectivity index (χ1) is 37.1. The van der Waals surface area contributed by atoms with Crippen molar-refractivity contribution in [1.82, 2.24) is 0 Å². The van der Waals surface area contributed by atoms with Crippen molar-refractivity contribution in [2.24, 2.45) is 0 Å². The minimum absolute atomic E-state index is 0.161. The first-order valence-electron chi connectivity index (χ1n) is 32.7. The van der Waals surface area contributed by atoms with E-state index in [2.05, 4.69) is 178 Å². The molecule has 0 radical (unpaired) electrons. The molecule has 0 aromatic heterocycles. The molecule has 3 heteroatoms. The lowest BCUT2D eigenvalue weighted by molar-refractivity contribution is 0.198. The molecule has 0 atom stereocenters. The maximum Gasteiger partial charge on any atom is 0.117 e. The Morgan fingerprint density at radius 3 is 0.987 bits per heavy atom. The molecule has 0 spiro atoms. The van der Waals surface area contributed by atoms with Crippen LogP contribution in [-0.2, 0) is 48.1 Å². The fourth-order valence-corrected chi connectivity index (χ4v) is 25.4. The van der Waals surface area contributed by atoms with Crippen LogP contribution in [0, 0.1) is 0 Å². The lowest BCUT2D eigenvalue weighted by atomic mass is 9.70. The predicted octanol–water partition coefficient (Wildman–Crippen LogP) is 20.2. The van der Waals surface area contributed by atoms with Crippen LogP contribution in [0.2, 0.25) is 0 Å². The van der Waals surface area contributed by atoms with Gasteiger partial charge in [0.2, 0.25) is 0 Å². The van der Waals surface area contributed by atoms with E-state index in [1.807, 2.05) is 32.7 Å². The van der Waals surface area contributed by atoms with Gasteiger partial charge in [-0.15, -0.1) is 0 Å². The van der Waals surface area contributed by atoms with E-state index in [1.54, 1.807) is 35.2 Å². The summed E-state index contributed by atoms with van der Waals surface area (Å²) in [6.07, 6.45) is 27.5. The third-order valence-corrected chi connectivity index (χ3v) is 30.3. The highest BCUT2D eigenvalue weighted by Crippen LogP contribution is 2.65. The molecule has 5 aromatic carbocycles. The second-order valence-corrected chi connectivity index (χ2v) is 30.8. The number of hydrogen-bond acceptors (Lipinski definition) is 1. The molecule has 0 bridgehead atoms. The monoisotopic (exact) mass is 1070 g/mol. The third kappa shape index (κ3) is 8.70. The van der Waals surface area contributed by atoms with Crippen LogP contribution in [0.15, 0.2) is 66.7 Å². The van der Waals surface area contributed by atoms with E-state index in [0.29, 0.717) is 0 Å². The quantitative estimate of drug-likeness (QED) is 0.0455. The molecule has 1 aliphatic heterocycles. The largest absolute Gasteiger partial charge is 0.381 e. The smallest absolute Gasteiger partial charge is 0.117 e. The van der Waals surface area contributed by atoms with E-state index in [0.717, 1.165) is 13.2 Å².